The molecule has 0 N–H and O–H groups in total. The normalized spacial score (nSPS) is 10.6. The highest BCUT2D eigenvalue weighted by molar-refractivity contribution is 5.85. The SMILES string of the molecule is O=[N+]([O-])c1ccc2cc(Cc3ccncc3)ccc2c1. The Labute approximate surface area is 115 Å². The van der Waals surface area contributed by atoms with E-state index in [0.29, 0.717) is 0 Å². The fourth-order valence-electron chi connectivity index (χ4n) is 2.24. The Morgan fingerprint density at radius 2 is 1.60 bits per heavy atom. The van der Waals surface area contributed by atoms with Crippen molar-refractivity contribution in [3.63, 3.8) is 0 Å². The van der Waals surface area contributed by atoms with Crippen molar-refractivity contribution in [2.75, 3.05) is 0 Å². The minimum absolute atomic E-state index is 0.124. The second-order valence-corrected chi connectivity index (χ2v) is 4.66. The molecule has 0 spiro atoms. The first-order valence-electron chi connectivity index (χ1n) is 6.28. The van der Waals surface area contributed by atoms with Crippen LogP contribution in [0.2, 0.25) is 0 Å². The maximum Gasteiger partial charge on any atom is 0.270 e. The predicted molar refractivity (Wildman–Crippen MR) is 77.6 cm³/mol. The summed E-state index contributed by atoms with van der Waals surface area (Å²) in [5, 5.41) is 12.7. The van der Waals surface area contributed by atoms with E-state index in [9.17, 15) is 10.1 Å². The second kappa shape index (κ2) is 5.09. The highest BCUT2D eigenvalue weighted by Crippen LogP contribution is 2.22. The number of hydrogen-bond donors (Lipinski definition) is 0. The van der Waals surface area contributed by atoms with Crippen LogP contribution >= 0.6 is 0 Å². The Hall–Kier alpha value is -2.75. The number of pyridine rings is 1. The van der Waals surface area contributed by atoms with Gasteiger partial charge in [-0.05, 0) is 46.5 Å². The zero-order chi connectivity index (χ0) is 13.9. The minimum Gasteiger partial charge on any atom is -0.265 e. The Bertz CT molecular complexity index is 770. The third-order valence-corrected chi connectivity index (χ3v) is 3.26. The average Bonchev–Trinajstić information content (AvgIpc) is 2.47. The first kappa shape index (κ1) is 12.3. The van der Waals surface area contributed by atoms with Crippen LogP contribution in [0.15, 0.2) is 60.9 Å². The van der Waals surface area contributed by atoms with Crippen molar-refractivity contribution >= 4 is 16.5 Å². The number of fused-ring (bicyclic) bond motifs is 1. The molecule has 1 aromatic heterocycles. The van der Waals surface area contributed by atoms with Gasteiger partial charge in [0.05, 0.1) is 4.92 Å². The number of aromatic nitrogens is 1. The molecule has 0 unspecified atom stereocenters. The van der Waals surface area contributed by atoms with Crippen LogP contribution in [-0.4, -0.2) is 9.91 Å². The van der Waals surface area contributed by atoms with E-state index in [4.69, 9.17) is 0 Å². The van der Waals surface area contributed by atoms with Crippen LogP contribution in [-0.2, 0) is 6.42 Å². The van der Waals surface area contributed by atoms with Gasteiger partial charge in [-0.1, -0.05) is 18.2 Å². The summed E-state index contributed by atoms with van der Waals surface area (Å²) in [7, 11) is 0. The average molecular weight is 264 g/mol. The molecule has 2 aromatic carbocycles. The van der Waals surface area contributed by atoms with Crippen LogP contribution < -0.4 is 0 Å². The van der Waals surface area contributed by atoms with Crippen molar-refractivity contribution in [3.8, 4) is 0 Å². The second-order valence-electron chi connectivity index (χ2n) is 4.66. The predicted octanol–water partition coefficient (Wildman–Crippen LogP) is 3.73. The third kappa shape index (κ3) is 2.49. The van der Waals surface area contributed by atoms with Gasteiger partial charge in [0, 0.05) is 24.5 Å². The standard InChI is InChI=1S/C16H12N2O2/c19-18(20)16-4-3-14-10-13(1-2-15(14)11-16)9-12-5-7-17-8-6-12/h1-8,10-11H,9H2. The van der Waals surface area contributed by atoms with Gasteiger partial charge in [-0.15, -0.1) is 0 Å². The van der Waals surface area contributed by atoms with Crippen LogP contribution in [0.1, 0.15) is 11.1 Å². The van der Waals surface area contributed by atoms with E-state index in [1.165, 1.54) is 11.1 Å². The van der Waals surface area contributed by atoms with E-state index < -0.39 is 0 Å². The molecule has 0 aliphatic carbocycles. The number of hydrogen-bond acceptors (Lipinski definition) is 3. The van der Waals surface area contributed by atoms with E-state index in [-0.39, 0.29) is 10.6 Å². The molecule has 0 radical (unpaired) electrons. The summed E-state index contributed by atoms with van der Waals surface area (Å²) >= 11 is 0. The van der Waals surface area contributed by atoms with Crippen LogP contribution in [0.3, 0.4) is 0 Å². The summed E-state index contributed by atoms with van der Waals surface area (Å²) in [5.41, 5.74) is 2.50. The molecule has 4 heteroatoms. The van der Waals surface area contributed by atoms with E-state index in [1.807, 2.05) is 24.3 Å². The van der Waals surface area contributed by atoms with Gasteiger partial charge in [0.1, 0.15) is 0 Å². The van der Waals surface area contributed by atoms with Crippen LogP contribution in [0, 0.1) is 10.1 Å². The first-order valence-corrected chi connectivity index (χ1v) is 6.28. The summed E-state index contributed by atoms with van der Waals surface area (Å²) in [4.78, 5) is 14.4. The first-order chi connectivity index (χ1) is 9.72. The van der Waals surface area contributed by atoms with Gasteiger partial charge < -0.3 is 0 Å². The van der Waals surface area contributed by atoms with Crippen molar-refractivity contribution in [2.24, 2.45) is 0 Å². The fourth-order valence-corrected chi connectivity index (χ4v) is 2.24. The Balaban J connectivity index is 1.95. The monoisotopic (exact) mass is 264 g/mol. The van der Waals surface area contributed by atoms with Gasteiger partial charge in [-0.25, -0.2) is 0 Å². The smallest absolute Gasteiger partial charge is 0.265 e. The van der Waals surface area contributed by atoms with Gasteiger partial charge in [-0.2, -0.15) is 0 Å². The van der Waals surface area contributed by atoms with Gasteiger partial charge in [-0.3, -0.25) is 15.1 Å². The molecule has 0 amide bonds. The molecule has 0 aliphatic rings. The van der Waals surface area contributed by atoms with E-state index in [2.05, 4.69) is 11.1 Å². The lowest BCUT2D eigenvalue weighted by Gasteiger charge is -2.04. The molecule has 20 heavy (non-hydrogen) atoms. The topological polar surface area (TPSA) is 56.0 Å². The van der Waals surface area contributed by atoms with Crippen molar-refractivity contribution in [2.45, 2.75) is 6.42 Å². The van der Waals surface area contributed by atoms with Gasteiger partial charge >= 0.3 is 0 Å². The molecule has 98 valence electrons. The van der Waals surface area contributed by atoms with Gasteiger partial charge in [0.15, 0.2) is 0 Å². The highest BCUT2D eigenvalue weighted by Gasteiger charge is 2.06. The van der Waals surface area contributed by atoms with Crippen molar-refractivity contribution < 1.29 is 4.92 Å². The zero-order valence-electron chi connectivity index (χ0n) is 10.7. The van der Waals surface area contributed by atoms with Gasteiger partial charge in [0.25, 0.3) is 5.69 Å². The summed E-state index contributed by atoms with van der Waals surface area (Å²) in [6.45, 7) is 0. The van der Waals surface area contributed by atoms with Crippen LogP contribution in [0.5, 0.6) is 0 Å². The number of nitro benzene ring substituents is 1. The number of benzene rings is 2. The molecule has 3 rings (SSSR count). The summed E-state index contributed by atoms with van der Waals surface area (Å²) < 4.78 is 0. The largest absolute Gasteiger partial charge is 0.270 e. The van der Waals surface area contributed by atoms with E-state index in [0.717, 1.165) is 17.2 Å². The summed E-state index contributed by atoms with van der Waals surface area (Å²) in [5.74, 6) is 0. The summed E-state index contributed by atoms with van der Waals surface area (Å²) in [6, 6.07) is 14.9. The van der Waals surface area contributed by atoms with Crippen molar-refractivity contribution in [1.29, 1.82) is 0 Å². The number of non-ortho nitro benzene ring substituents is 1. The maximum atomic E-state index is 10.8. The fraction of sp³-hybridized carbons (Fsp3) is 0.0625. The van der Waals surface area contributed by atoms with Gasteiger partial charge in [0.2, 0.25) is 0 Å². The molecule has 0 atom stereocenters. The molecule has 0 aliphatic heterocycles. The molecule has 0 saturated carbocycles. The molecule has 0 fully saturated rings. The Kier molecular flexibility index (Phi) is 3.13. The third-order valence-electron chi connectivity index (χ3n) is 3.26. The minimum atomic E-state index is -0.371. The molecule has 1 heterocycles. The lowest BCUT2D eigenvalue weighted by molar-refractivity contribution is -0.384. The Morgan fingerprint density at radius 1 is 0.900 bits per heavy atom. The number of rotatable bonds is 3. The molecule has 0 saturated heterocycles. The quantitative estimate of drug-likeness (QED) is 0.535. The molecule has 0 bridgehead atoms. The van der Waals surface area contributed by atoms with Crippen molar-refractivity contribution in [3.05, 3.63) is 82.2 Å². The highest BCUT2D eigenvalue weighted by atomic mass is 16.6. The Morgan fingerprint density at radius 3 is 2.35 bits per heavy atom. The molecular weight excluding hydrogens is 252 g/mol. The van der Waals surface area contributed by atoms with Crippen LogP contribution in [0.25, 0.3) is 10.8 Å². The van der Waals surface area contributed by atoms with E-state index >= 15 is 0 Å². The number of nitrogens with zero attached hydrogens (tertiary/aromatic N) is 2. The van der Waals surface area contributed by atoms with E-state index in [1.54, 1.807) is 30.6 Å². The number of nitro groups is 1. The molecule has 4 nitrogen and oxygen atoms in total. The van der Waals surface area contributed by atoms with Crippen molar-refractivity contribution in [1.82, 2.24) is 4.98 Å². The zero-order valence-corrected chi connectivity index (χ0v) is 10.7. The molecular formula is C16H12N2O2. The molecule has 3 aromatic rings. The maximum absolute atomic E-state index is 10.8. The summed E-state index contributed by atoms with van der Waals surface area (Å²) in [6.07, 6.45) is 4.38. The lowest BCUT2D eigenvalue weighted by Crippen LogP contribution is -1.90. The van der Waals surface area contributed by atoms with Crippen LogP contribution in [0.4, 0.5) is 5.69 Å². The lowest BCUT2D eigenvalue weighted by atomic mass is 10.0.